The zero-order valence-electron chi connectivity index (χ0n) is 10.6. The molecule has 1 aromatic heterocycles. The fraction of sp³-hybridized carbons (Fsp3) is 0.154. The first-order valence-corrected chi connectivity index (χ1v) is 5.65. The second-order valence-corrected chi connectivity index (χ2v) is 3.88. The van der Waals surface area contributed by atoms with E-state index in [4.69, 9.17) is 0 Å². The maximum Gasteiger partial charge on any atom is 0.278 e. The lowest BCUT2D eigenvalue weighted by molar-refractivity contribution is 0.0988. The number of nitrogens with zero attached hydrogens (tertiary/aromatic N) is 3. The van der Waals surface area contributed by atoms with Gasteiger partial charge in [0.1, 0.15) is 17.3 Å². The molecule has 0 unspecified atom stereocenters. The van der Waals surface area contributed by atoms with Gasteiger partial charge in [-0.2, -0.15) is 0 Å². The molecule has 0 bridgehead atoms. The van der Waals surface area contributed by atoms with Crippen LogP contribution in [0.5, 0.6) is 0 Å². The van der Waals surface area contributed by atoms with Crippen molar-refractivity contribution in [1.82, 2.24) is 9.97 Å². The average molecular weight is 260 g/mol. The zero-order valence-corrected chi connectivity index (χ0v) is 10.6. The van der Waals surface area contributed by atoms with Crippen molar-refractivity contribution in [3.63, 3.8) is 0 Å². The van der Waals surface area contributed by atoms with Crippen LogP contribution in [0.15, 0.2) is 36.7 Å². The van der Waals surface area contributed by atoms with Gasteiger partial charge in [0.05, 0.1) is 12.4 Å². The normalized spacial score (nSPS) is 10.1. The van der Waals surface area contributed by atoms with Crippen molar-refractivity contribution >= 4 is 17.4 Å². The number of carbonyl (C=O) groups excluding carboxylic acids is 1. The van der Waals surface area contributed by atoms with Crippen LogP contribution in [0.3, 0.4) is 0 Å². The number of nitrogens with one attached hydrogen (secondary N) is 1. The Kier molecular flexibility index (Phi) is 3.70. The van der Waals surface area contributed by atoms with Crippen LogP contribution in [0.4, 0.5) is 15.9 Å². The molecule has 0 spiro atoms. The summed E-state index contributed by atoms with van der Waals surface area (Å²) in [5.41, 5.74) is 0.807. The monoisotopic (exact) mass is 260 g/mol. The van der Waals surface area contributed by atoms with Crippen LogP contribution in [-0.4, -0.2) is 30.0 Å². The Morgan fingerprint density at radius 2 is 1.95 bits per heavy atom. The summed E-state index contributed by atoms with van der Waals surface area (Å²) in [6, 6.07) is 5.66. The van der Waals surface area contributed by atoms with Crippen LogP contribution in [0.1, 0.15) is 10.5 Å². The number of amides is 1. The quantitative estimate of drug-likeness (QED) is 0.916. The van der Waals surface area contributed by atoms with E-state index in [9.17, 15) is 9.18 Å². The van der Waals surface area contributed by atoms with Crippen molar-refractivity contribution in [2.24, 2.45) is 0 Å². The zero-order chi connectivity index (χ0) is 13.8. The third-order valence-electron chi connectivity index (χ3n) is 2.63. The molecule has 0 fully saturated rings. The largest absolute Gasteiger partial charge is 0.372 e. The van der Waals surface area contributed by atoms with E-state index in [0.29, 0.717) is 11.5 Å². The molecule has 0 aliphatic heterocycles. The molecule has 0 radical (unpaired) electrons. The van der Waals surface area contributed by atoms with Gasteiger partial charge in [0.2, 0.25) is 0 Å². The second-order valence-electron chi connectivity index (χ2n) is 3.88. The lowest BCUT2D eigenvalue weighted by Gasteiger charge is -2.16. The summed E-state index contributed by atoms with van der Waals surface area (Å²) in [5.74, 6) is -0.142. The molecule has 6 heteroatoms. The fourth-order valence-electron chi connectivity index (χ4n) is 1.54. The first kappa shape index (κ1) is 12.9. The van der Waals surface area contributed by atoms with Crippen molar-refractivity contribution in [1.29, 1.82) is 0 Å². The Balaban J connectivity index is 2.25. The second kappa shape index (κ2) is 5.43. The van der Waals surface area contributed by atoms with E-state index < -0.39 is 0 Å². The summed E-state index contributed by atoms with van der Waals surface area (Å²) >= 11 is 0. The number of halogens is 1. The molecular formula is C13H13FN4O. The maximum absolute atomic E-state index is 12.8. The maximum atomic E-state index is 12.8. The molecular weight excluding hydrogens is 247 g/mol. The summed E-state index contributed by atoms with van der Waals surface area (Å²) < 4.78 is 12.8. The number of hydrogen-bond donors (Lipinski definition) is 1. The van der Waals surface area contributed by atoms with Crippen LogP contribution >= 0.6 is 0 Å². The molecule has 0 saturated heterocycles. The molecule has 0 atom stereocenters. The van der Waals surface area contributed by atoms with E-state index in [1.54, 1.807) is 14.1 Å². The molecule has 2 rings (SSSR count). The van der Waals surface area contributed by atoms with Crippen molar-refractivity contribution in [3.05, 3.63) is 48.2 Å². The van der Waals surface area contributed by atoms with E-state index in [1.807, 2.05) is 0 Å². The number of benzene rings is 1. The standard InChI is InChI=1S/C13H13FN4O/c1-15-12-8-16-7-11(17-12)13(19)18(2)10-5-3-9(14)4-6-10/h3-8H,1-2H3,(H,15,17). The summed E-state index contributed by atoms with van der Waals surface area (Å²) in [4.78, 5) is 21.6. The van der Waals surface area contributed by atoms with Gasteiger partial charge in [0.25, 0.3) is 5.91 Å². The van der Waals surface area contributed by atoms with E-state index in [1.165, 1.54) is 41.6 Å². The minimum Gasteiger partial charge on any atom is -0.372 e. The lowest BCUT2D eigenvalue weighted by Crippen LogP contribution is -2.27. The number of rotatable bonds is 3. The Morgan fingerprint density at radius 3 is 2.58 bits per heavy atom. The van der Waals surface area contributed by atoms with Crippen LogP contribution in [0.25, 0.3) is 0 Å². The van der Waals surface area contributed by atoms with Crippen molar-refractivity contribution in [2.45, 2.75) is 0 Å². The number of anilines is 2. The van der Waals surface area contributed by atoms with Gasteiger partial charge in [-0.1, -0.05) is 0 Å². The van der Waals surface area contributed by atoms with E-state index in [2.05, 4.69) is 15.3 Å². The SMILES string of the molecule is CNc1cncc(C(=O)N(C)c2ccc(F)cc2)n1. The Labute approximate surface area is 110 Å². The van der Waals surface area contributed by atoms with Gasteiger partial charge >= 0.3 is 0 Å². The number of carbonyl (C=O) groups is 1. The summed E-state index contributed by atoms with van der Waals surface area (Å²) in [7, 11) is 3.30. The van der Waals surface area contributed by atoms with Gasteiger partial charge in [-0.3, -0.25) is 9.78 Å². The molecule has 1 heterocycles. The highest BCUT2D eigenvalue weighted by molar-refractivity contribution is 6.04. The average Bonchev–Trinajstić information content (AvgIpc) is 2.46. The molecule has 0 saturated carbocycles. The van der Waals surface area contributed by atoms with Crippen LogP contribution in [0, 0.1) is 5.82 Å². The van der Waals surface area contributed by atoms with Gasteiger partial charge in [-0.15, -0.1) is 0 Å². The van der Waals surface area contributed by atoms with Crippen molar-refractivity contribution in [3.8, 4) is 0 Å². The highest BCUT2D eigenvalue weighted by Gasteiger charge is 2.15. The van der Waals surface area contributed by atoms with Crippen molar-refractivity contribution in [2.75, 3.05) is 24.3 Å². The molecule has 5 nitrogen and oxygen atoms in total. The molecule has 1 N–H and O–H groups in total. The van der Waals surface area contributed by atoms with Gasteiger partial charge < -0.3 is 10.2 Å². The Hall–Kier alpha value is -2.50. The third kappa shape index (κ3) is 2.85. The third-order valence-corrected chi connectivity index (χ3v) is 2.63. The van der Waals surface area contributed by atoms with Gasteiger partial charge in [0, 0.05) is 19.8 Å². The first-order valence-electron chi connectivity index (χ1n) is 5.65. The minimum atomic E-state index is -0.346. The first-order chi connectivity index (χ1) is 9.11. The molecule has 0 aliphatic rings. The summed E-state index contributed by atoms with van der Waals surface area (Å²) in [5, 5.41) is 2.81. The summed E-state index contributed by atoms with van der Waals surface area (Å²) in [6.07, 6.45) is 2.91. The smallest absolute Gasteiger partial charge is 0.278 e. The molecule has 19 heavy (non-hydrogen) atoms. The van der Waals surface area contributed by atoms with Crippen LogP contribution in [-0.2, 0) is 0 Å². The highest BCUT2D eigenvalue weighted by Crippen LogP contribution is 2.15. The van der Waals surface area contributed by atoms with Gasteiger partial charge in [-0.25, -0.2) is 9.37 Å². The molecule has 98 valence electrons. The fourth-order valence-corrected chi connectivity index (χ4v) is 1.54. The lowest BCUT2D eigenvalue weighted by atomic mass is 10.2. The molecule has 1 aromatic carbocycles. The highest BCUT2D eigenvalue weighted by atomic mass is 19.1. The van der Waals surface area contributed by atoms with E-state index in [0.717, 1.165) is 0 Å². The Bertz CT molecular complexity index is 585. The molecule has 1 amide bonds. The Morgan fingerprint density at radius 1 is 1.26 bits per heavy atom. The van der Waals surface area contributed by atoms with Crippen LogP contribution in [0.2, 0.25) is 0 Å². The topological polar surface area (TPSA) is 58.1 Å². The molecule has 2 aromatic rings. The van der Waals surface area contributed by atoms with Gasteiger partial charge in [-0.05, 0) is 24.3 Å². The predicted molar refractivity (Wildman–Crippen MR) is 70.7 cm³/mol. The van der Waals surface area contributed by atoms with E-state index in [-0.39, 0.29) is 17.4 Å². The minimum absolute atomic E-state index is 0.221. The number of aromatic nitrogens is 2. The van der Waals surface area contributed by atoms with E-state index >= 15 is 0 Å². The van der Waals surface area contributed by atoms with Crippen molar-refractivity contribution < 1.29 is 9.18 Å². The summed E-state index contributed by atoms with van der Waals surface area (Å²) in [6.45, 7) is 0. The van der Waals surface area contributed by atoms with Gasteiger partial charge in [0.15, 0.2) is 0 Å². The number of hydrogen-bond acceptors (Lipinski definition) is 4. The predicted octanol–water partition coefficient (Wildman–Crippen LogP) is 1.93. The molecule has 0 aliphatic carbocycles. The van der Waals surface area contributed by atoms with Crippen LogP contribution < -0.4 is 10.2 Å².